The fourth-order valence-electron chi connectivity index (χ4n) is 0.729. The average Bonchev–Trinajstić information content (AvgIpc) is 1.84. The van der Waals surface area contributed by atoms with Crippen molar-refractivity contribution >= 4 is 5.71 Å². The Hall–Kier alpha value is -0.590. The summed E-state index contributed by atoms with van der Waals surface area (Å²) >= 11 is 0. The van der Waals surface area contributed by atoms with Crippen molar-refractivity contribution in [2.24, 2.45) is 5.92 Å². The summed E-state index contributed by atoms with van der Waals surface area (Å²) in [5, 5.41) is 7.37. The van der Waals surface area contributed by atoms with Gasteiger partial charge in [-0.05, 0) is 32.3 Å². The zero-order valence-electron chi connectivity index (χ0n) is 7.58. The fraction of sp³-hybridized carbons (Fsp3) is 0.667. The van der Waals surface area contributed by atoms with Crippen molar-refractivity contribution in [3.63, 3.8) is 0 Å². The lowest BCUT2D eigenvalue weighted by molar-refractivity contribution is 0.762. The average molecular weight is 139 g/mol. The first-order chi connectivity index (χ1) is 4.46. The molecule has 0 aliphatic rings. The Morgan fingerprint density at radius 2 is 1.50 bits per heavy atom. The highest BCUT2D eigenvalue weighted by Gasteiger charge is 2.01. The van der Waals surface area contributed by atoms with Gasteiger partial charge in [-0.25, -0.2) is 0 Å². The summed E-state index contributed by atoms with van der Waals surface area (Å²) in [7, 11) is 0. The minimum atomic E-state index is 0.570. The number of hydrogen-bond donors (Lipinski definition) is 1. The van der Waals surface area contributed by atoms with Crippen LogP contribution in [0.5, 0.6) is 0 Å². The monoisotopic (exact) mass is 139 g/mol. The first-order valence-electron chi connectivity index (χ1n) is 3.69. The van der Waals surface area contributed by atoms with Gasteiger partial charge in [0.25, 0.3) is 0 Å². The number of rotatable bonds is 2. The van der Waals surface area contributed by atoms with Crippen molar-refractivity contribution in [1.82, 2.24) is 0 Å². The summed E-state index contributed by atoms with van der Waals surface area (Å²) in [5.74, 6) is 0.570. The van der Waals surface area contributed by atoms with Crippen LogP contribution in [0.4, 0.5) is 0 Å². The second kappa shape index (κ2) is 3.55. The third-order valence-corrected chi connectivity index (χ3v) is 2.02. The standard InChI is InChI=1S/C9H17N/c1-6(2)7(3)8(4)9(5)10/h6,10H,1-5H3/b8-7+,10-9?. The molecule has 0 aromatic carbocycles. The summed E-state index contributed by atoms with van der Waals surface area (Å²) in [5.41, 5.74) is 3.15. The fourth-order valence-corrected chi connectivity index (χ4v) is 0.729. The zero-order valence-corrected chi connectivity index (χ0v) is 7.58. The molecule has 0 unspecified atom stereocenters. The van der Waals surface area contributed by atoms with Gasteiger partial charge in [0, 0.05) is 5.71 Å². The lowest BCUT2D eigenvalue weighted by Crippen LogP contribution is -1.99. The molecule has 0 radical (unpaired) electrons. The van der Waals surface area contributed by atoms with Gasteiger partial charge in [0.1, 0.15) is 0 Å². The summed E-state index contributed by atoms with van der Waals surface area (Å²) in [6.07, 6.45) is 0. The molecule has 0 aliphatic carbocycles. The van der Waals surface area contributed by atoms with Crippen LogP contribution in [0.25, 0.3) is 0 Å². The molecule has 0 spiro atoms. The Morgan fingerprint density at radius 3 is 1.60 bits per heavy atom. The van der Waals surface area contributed by atoms with Crippen molar-refractivity contribution in [3.05, 3.63) is 11.1 Å². The van der Waals surface area contributed by atoms with Crippen molar-refractivity contribution in [2.45, 2.75) is 34.6 Å². The highest BCUT2D eigenvalue weighted by molar-refractivity contribution is 5.95. The van der Waals surface area contributed by atoms with Gasteiger partial charge < -0.3 is 5.41 Å². The van der Waals surface area contributed by atoms with E-state index in [2.05, 4.69) is 20.8 Å². The van der Waals surface area contributed by atoms with Crippen LogP contribution in [-0.4, -0.2) is 5.71 Å². The van der Waals surface area contributed by atoms with E-state index in [1.54, 1.807) is 0 Å². The third-order valence-electron chi connectivity index (χ3n) is 2.02. The molecule has 0 atom stereocenters. The first kappa shape index (κ1) is 9.41. The molecule has 0 saturated carbocycles. The summed E-state index contributed by atoms with van der Waals surface area (Å²) in [6, 6.07) is 0. The highest BCUT2D eigenvalue weighted by Crippen LogP contribution is 2.13. The van der Waals surface area contributed by atoms with Crippen LogP contribution in [0.1, 0.15) is 34.6 Å². The second-order valence-electron chi connectivity index (χ2n) is 3.09. The molecule has 58 valence electrons. The van der Waals surface area contributed by atoms with Gasteiger partial charge in [0.05, 0.1) is 0 Å². The predicted octanol–water partition coefficient (Wildman–Crippen LogP) is 3.02. The summed E-state index contributed by atoms with van der Waals surface area (Å²) < 4.78 is 0. The molecular weight excluding hydrogens is 122 g/mol. The van der Waals surface area contributed by atoms with E-state index in [-0.39, 0.29) is 0 Å². The van der Waals surface area contributed by atoms with Gasteiger partial charge in [0.15, 0.2) is 0 Å². The van der Waals surface area contributed by atoms with E-state index in [4.69, 9.17) is 5.41 Å². The highest BCUT2D eigenvalue weighted by atomic mass is 14.4. The summed E-state index contributed by atoms with van der Waals surface area (Å²) in [6.45, 7) is 10.3. The van der Waals surface area contributed by atoms with E-state index >= 15 is 0 Å². The largest absolute Gasteiger partial charge is 0.305 e. The Kier molecular flexibility index (Phi) is 3.34. The van der Waals surface area contributed by atoms with Gasteiger partial charge in [-0.1, -0.05) is 19.4 Å². The Bertz CT molecular complexity index is 164. The van der Waals surface area contributed by atoms with Crippen molar-refractivity contribution < 1.29 is 0 Å². The second-order valence-corrected chi connectivity index (χ2v) is 3.09. The Labute approximate surface area is 63.7 Å². The maximum Gasteiger partial charge on any atom is 0.0311 e. The van der Waals surface area contributed by atoms with Gasteiger partial charge >= 0.3 is 0 Å². The van der Waals surface area contributed by atoms with Crippen LogP contribution in [0.2, 0.25) is 0 Å². The van der Waals surface area contributed by atoms with Gasteiger partial charge in [-0.15, -0.1) is 0 Å². The van der Waals surface area contributed by atoms with Crippen molar-refractivity contribution in [1.29, 1.82) is 5.41 Å². The third kappa shape index (κ3) is 2.34. The van der Waals surface area contributed by atoms with E-state index < -0.39 is 0 Å². The Balaban J connectivity index is 4.50. The molecule has 0 aromatic heterocycles. The van der Waals surface area contributed by atoms with Crippen LogP contribution in [-0.2, 0) is 0 Å². The molecule has 10 heavy (non-hydrogen) atoms. The molecule has 0 fully saturated rings. The topological polar surface area (TPSA) is 23.9 Å². The van der Waals surface area contributed by atoms with Crippen molar-refractivity contribution in [2.75, 3.05) is 0 Å². The van der Waals surface area contributed by atoms with Crippen LogP contribution < -0.4 is 0 Å². The van der Waals surface area contributed by atoms with Gasteiger partial charge in [-0.3, -0.25) is 0 Å². The molecule has 0 bridgehead atoms. The smallest absolute Gasteiger partial charge is 0.0311 e. The van der Waals surface area contributed by atoms with Crippen LogP contribution in [0.15, 0.2) is 11.1 Å². The van der Waals surface area contributed by atoms with Gasteiger partial charge in [0.2, 0.25) is 0 Å². The van der Waals surface area contributed by atoms with Crippen molar-refractivity contribution in [3.8, 4) is 0 Å². The zero-order chi connectivity index (χ0) is 8.31. The van der Waals surface area contributed by atoms with E-state index in [1.165, 1.54) is 5.57 Å². The minimum Gasteiger partial charge on any atom is -0.305 e. The van der Waals surface area contributed by atoms with Crippen LogP contribution in [0.3, 0.4) is 0 Å². The molecule has 0 amide bonds. The molecule has 0 rings (SSSR count). The number of nitrogens with one attached hydrogen (secondary N) is 1. The van der Waals surface area contributed by atoms with Gasteiger partial charge in [-0.2, -0.15) is 0 Å². The van der Waals surface area contributed by atoms with E-state index in [0.717, 1.165) is 5.57 Å². The molecule has 0 saturated heterocycles. The number of hydrogen-bond acceptors (Lipinski definition) is 1. The van der Waals surface area contributed by atoms with E-state index in [0.29, 0.717) is 11.6 Å². The quantitative estimate of drug-likeness (QED) is 0.569. The lowest BCUT2D eigenvalue weighted by Gasteiger charge is -2.09. The normalized spacial score (nSPS) is 13.4. The molecule has 1 heteroatoms. The Morgan fingerprint density at radius 1 is 1.10 bits per heavy atom. The number of allylic oxidation sites excluding steroid dienone is 2. The maximum atomic E-state index is 7.37. The SMILES string of the molecule is CC(=N)/C(C)=C(\C)C(C)C. The molecule has 0 aromatic rings. The van der Waals surface area contributed by atoms with E-state index in [9.17, 15) is 0 Å². The molecular formula is C9H17N. The minimum absolute atomic E-state index is 0.570. The molecule has 1 nitrogen and oxygen atoms in total. The first-order valence-corrected chi connectivity index (χ1v) is 3.69. The van der Waals surface area contributed by atoms with Crippen LogP contribution in [0, 0.1) is 11.3 Å². The summed E-state index contributed by atoms with van der Waals surface area (Å²) in [4.78, 5) is 0. The predicted molar refractivity (Wildman–Crippen MR) is 46.6 cm³/mol. The van der Waals surface area contributed by atoms with E-state index in [1.807, 2.05) is 13.8 Å². The maximum absolute atomic E-state index is 7.37. The van der Waals surface area contributed by atoms with Crippen LogP contribution >= 0.6 is 0 Å². The molecule has 0 heterocycles. The molecule has 0 aliphatic heterocycles. The lowest BCUT2D eigenvalue weighted by atomic mass is 9.98. The molecule has 1 N–H and O–H groups in total.